The van der Waals surface area contributed by atoms with Crippen molar-refractivity contribution < 1.29 is 9.59 Å². The van der Waals surface area contributed by atoms with Gasteiger partial charge in [-0.15, -0.1) is 0 Å². The van der Waals surface area contributed by atoms with Gasteiger partial charge in [0.1, 0.15) is 6.04 Å². The summed E-state index contributed by atoms with van der Waals surface area (Å²) in [6, 6.07) is 15.9. The molecule has 31 heavy (non-hydrogen) atoms. The van der Waals surface area contributed by atoms with E-state index in [1.165, 1.54) is 0 Å². The summed E-state index contributed by atoms with van der Waals surface area (Å²) in [4.78, 5) is 24.5. The predicted molar refractivity (Wildman–Crippen MR) is 117 cm³/mol. The van der Waals surface area contributed by atoms with Crippen LogP contribution in [0.4, 0.5) is 0 Å². The van der Waals surface area contributed by atoms with Gasteiger partial charge in [-0.05, 0) is 66.0 Å². The lowest BCUT2D eigenvalue weighted by Crippen LogP contribution is -2.59. The molecular formula is C25H26N4O2. The van der Waals surface area contributed by atoms with Crippen molar-refractivity contribution in [2.75, 3.05) is 0 Å². The van der Waals surface area contributed by atoms with Crippen molar-refractivity contribution in [3.05, 3.63) is 59.2 Å². The second-order valence-electron chi connectivity index (χ2n) is 8.90. The van der Waals surface area contributed by atoms with E-state index in [0.29, 0.717) is 24.9 Å². The van der Waals surface area contributed by atoms with Crippen LogP contribution in [0.15, 0.2) is 42.5 Å². The van der Waals surface area contributed by atoms with Gasteiger partial charge in [0.2, 0.25) is 5.91 Å². The van der Waals surface area contributed by atoms with Gasteiger partial charge in [0.25, 0.3) is 5.91 Å². The van der Waals surface area contributed by atoms with Gasteiger partial charge in [-0.3, -0.25) is 9.59 Å². The summed E-state index contributed by atoms with van der Waals surface area (Å²) in [7, 11) is 0. The van der Waals surface area contributed by atoms with Crippen LogP contribution in [0.5, 0.6) is 0 Å². The van der Waals surface area contributed by atoms with E-state index >= 15 is 0 Å². The lowest BCUT2D eigenvalue weighted by Gasteiger charge is -2.42. The normalized spacial score (nSPS) is 24.7. The van der Waals surface area contributed by atoms with Gasteiger partial charge in [0, 0.05) is 24.6 Å². The minimum absolute atomic E-state index is 0.0160. The number of benzene rings is 2. The zero-order valence-corrected chi connectivity index (χ0v) is 17.4. The van der Waals surface area contributed by atoms with Gasteiger partial charge in [-0.2, -0.15) is 5.26 Å². The molecule has 1 aliphatic carbocycles. The molecule has 0 spiro atoms. The van der Waals surface area contributed by atoms with Crippen molar-refractivity contribution >= 4 is 11.8 Å². The molecule has 2 aromatic rings. The predicted octanol–water partition coefficient (Wildman–Crippen LogP) is 2.68. The van der Waals surface area contributed by atoms with Crippen LogP contribution >= 0.6 is 0 Å². The lowest BCUT2D eigenvalue weighted by molar-refractivity contribution is -0.127. The Labute approximate surface area is 182 Å². The number of hydrogen-bond donors (Lipinski definition) is 3. The van der Waals surface area contributed by atoms with Gasteiger partial charge >= 0.3 is 0 Å². The highest BCUT2D eigenvalue weighted by molar-refractivity contribution is 5.98. The second-order valence-corrected chi connectivity index (χ2v) is 8.90. The van der Waals surface area contributed by atoms with Crippen LogP contribution in [0.2, 0.25) is 0 Å². The largest absolute Gasteiger partial charge is 0.348 e. The fourth-order valence-electron chi connectivity index (χ4n) is 5.17. The number of carbonyl (C=O) groups excluding carboxylic acids is 2. The zero-order valence-electron chi connectivity index (χ0n) is 17.4. The molecule has 3 heterocycles. The number of nitrogens with one attached hydrogen (secondary N) is 3. The minimum Gasteiger partial charge on any atom is -0.348 e. The summed E-state index contributed by atoms with van der Waals surface area (Å²) in [6.07, 6.45) is 4.98. The van der Waals surface area contributed by atoms with Crippen molar-refractivity contribution in [2.45, 2.75) is 56.8 Å². The number of piperidine rings is 2. The number of carbonyl (C=O) groups is 2. The molecule has 3 aliphatic heterocycles. The maximum absolute atomic E-state index is 12.7. The summed E-state index contributed by atoms with van der Waals surface area (Å²) in [5.74, 6) is 0.332. The molecule has 6 nitrogen and oxygen atoms in total. The first-order chi connectivity index (χ1) is 15.1. The zero-order chi connectivity index (χ0) is 21.4. The summed E-state index contributed by atoms with van der Waals surface area (Å²) in [6.45, 7) is 0.571. The van der Waals surface area contributed by atoms with Gasteiger partial charge in [0.05, 0.1) is 12.1 Å². The van der Waals surface area contributed by atoms with Crippen LogP contribution in [0.25, 0.3) is 11.1 Å². The average molecular weight is 415 g/mol. The monoisotopic (exact) mass is 414 g/mol. The third-order valence-electron chi connectivity index (χ3n) is 6.93. The lowest BCUT2D eigenvalue weighted by atomic mass is 9.76. The Bertz CT molecular complexity index is 1050. The quantitative estimate of drug-likeness (QED) is 0.701. The molecule has 2 saturated heterocycles. The second kappa shape index (κ2) is 8.16. The SMILES string of the molecule is N#CC(Cc1ccc(-c2ccc3c(c2)CNC3=O)cc1)NC(=O)C1NC2CCC1CC2. The van der Waals surface area contributed by atoms with Crippen LogP contribution in [-0.4, -0.2) is 29.9 Å². The Morgan fingerprint density at radius 2 is 1.84 bits per heavy atom. The highest BCUT2D eigenvalue weighted by atomic mass is 16.2. The van der Waals surface area contributed by atoms with Crippen molar-refractivity contribution in [3.8, 4) is 17.2 Å². The molecule has 1 saturated carbocycles. The first-order valence-corrected chi connectivity index (χ1v) is 11.1. The Kier molecular flexibility index (Phi) is 5.21. The number of fused-ring (bicyclic) bond motifs is 4. The molecule has 2 unspecified atom stereocenters. The number of rotatable bonds is 5. The summed E-state index contributed by atoms with van der Waals surface area (Å²) >= 11 is 0. The Hall–Kier alpha value is -3.17. The van der Waals surface area contributed by atoms with Crippen molar-refractivity contribution in [3.63, 3.8) is 0 Å². The molecule has 6 rings (SSSR count). The van der Waals surface area contributed by atoms with Crippen LogP contribution in [-0.2, 0) is 17.8 Å². The molecule has 2 aromatic carbocycles. The van der Waals surface area contributed by atoms with Crippen LogP contribution < -0.4 is 16.0 Å². The fraction of sp³-hybridized carbons (Fsp3) is 0.400. The first-order valence-electron chi connectivity index (χ1n) is 11.1. The average Bonchev–Trinajstić information content (AvgIpc) is 3.19. The van der Waals surface area contributed by atoms with Crippen molar-refractivity contribution in [1.82, 2.24) is 16.0 Å². The molecule has 2 atom stereocenters. The molecule has 2 bridgehead atoms. The van der Waals surface area contributed by atoms with E-state index in [9.17, 15) is 14.9 Å². The molecule has 0 aromatic heterocycles. The Balaban J connectivity index is 1.23. The molecular weight excluding hydrogens is 388 g/mol. The van der Waals surface area contributed by atoms with Crippen molar-refractivity contribution in [1.29, 1.82) is 5.26 Å². The fourth-order valence-corrected chi connectivity index (χ4v) is 5.17. The van der Waals surface area contributed by atoms with Gasteiger partial charge < -0.3 is 16.0 Å². The molecule has 3 fully saturated rings. The van der Waals surface area contributed by atoms with E-state index < -0.39 is 6.04 Å². The van der Waals surface area contributed by atoms with Gasteiger partial charge in [0.15, 0.2) is 0 Å². The smallest absolute Gasteiger partial charge is 0.251 e. The number of nitrogens with zero attached hydrogens (tertiary/aromatic N) is 1. The van der Waals surface area contributed by atoms with E-state index in [1.807, 2.05) is 42.5 Å². The van der Waals surface area contributed by atoms with Crippen LogP contribution in [0, 0.1) is 17.2 Å². The highest BCUT2D eigenvalue weighted by Crippen LogP contribution is 2.33. The minimum atomic E-state index is -0.544. The van der Waals surface area contributed by atoms with E-state index in [-0.39, 0.29) is 17.9 Å². The Morgan fingerprint density at radius 1 is 1.10 bits per heavy atom. The number of hydrogen-bond acceptors (Lipinski definition) is 4. The van der Waals surface area contributed by atoms with Crippen LogP contribution in [0.3, 0.4) is 0 Å². The van der Waals surface area contributed by atoms with Crippen LogP contribution in [0.1, 0.15) is 47.2 Å². The molecule has 158 valence electrons. The standard InChI is InChI=1S/C25H26N4O2/c26-13-21(29-25(31)23-17-5-8-20(28-23)9-6-17)11-15-1-3-16(4-2-15)18-7-10-22-19(12-18)14-27-24(22)30/h1-4,7,10,12,17,20-21,23,28H,5-6,8-9,11,14H2,(H,27,30)(H,29,31). The topological polar surface area (TPSA) is 94.0 Å². The van der Waals surface area contributed by atoms with E-state index in [4.69, 9.17) is 0 Å². The third-order valence-corrected chi connectivity index (χ3v) is 6.93. The number of amides is 2. The molecule has 4 aliphatic rings. The summed E-state index contributed by atoms with van der Waals surface area (Å²) < 4.78 is 0. The van der Waals surface area contributed by atoms with E-state index in [2.05, 4.69) is 22.0 Å². The van der Waals surface area contributed by atoms with Gasteiger partial charge in [-0.25, -0.2) is 0 Å². The first kappa shape index (κ1) is 19.8. The maximum atomic E-state index is 12.7. The molecule has 3 N–H and O–H groups in total. The van der Waals surface area contributed by atoms with E-state index in [1.54, 1.807) is 0 Å². The summed E-state index contributed by atoms with van der Waals surface area (Å²) in [5, 5.41) is 18.8. The maximum Gasteiger partial charge on any atom is 0.251 e. The third kappa shape index (κ3) is 3.94. The summed E-state index contributed by atoms with van der Waals surface area (Å²) in [5.41, 5.74) is 4.89. The van der Waals surface area contributed by atoms with E-state index in [0.717, 1.165) is 53.5 Å². The Morgan fingerprint density at radius 3 is 2.52 bits per heavy atom. The van der Waals surface area contributed by atoms with Gasteiger partial charge in [-0.1, -0.05) is 30.3 Å². The number of nitriles is 1. The molecule has 2 amide bonds. The molecule has 0 radical (unpaired) electrons. The highest BCUT2D eigenvalue weighted by Gasteiger charge is 2.39. The van der Waals surface area contributed by atoms with Crippen molar-refractivity contribution in [2.24, 2.45) is 5.92 Å². The molecule has 6 heteroatoms.